The van der Waals surface area contributed by atoms with Crippen molar-refractivity contribution in [1.82, 2.24) is 9.80 Å². The van der Waals surface area contributed by atoms with Gasteiger partial charge < -0.3 is 4.90 Å². The Hall–Kier alpha value is -1.32. The minimum Gasteiger partial charge on any atom is -0.358 e. The number of likely N-dealkylation sites (N-methyl/N-ethyl adjacent to an activating group) is 1. The number of nitrogens with zero attached hydrogens (tertiary/aromatic N) is 2. The Morgan fingerprint density at radius 2 is 2.17 bits per heavy atom. The van der Waals surface area contributed by atoms with E-state index in [1.165, 1.54) is 11.9 Å². The zero-order valence-electron chi connectivity index (χ0n) is 6.91. The Balaban J connectivity index is 2.31. The minimum atomic E-state index is -0.163. The van der Waals surface area contributed by atoms with Crippen molar-refractivity contribution in [3.8, 4) is 0 Å². The van der Waals surface area contributed by atoms with Gasteiger partial charge in [-0.1, -0.05) is 6.08 Å². The molecule has 0 spiro atoms. The van der Waals surface area contributed by atoms with E-state index in [9.17, 15) is 9.59 Å². The highest BCUT2D eigenvalue weighted by Crippen LogP contribution is 2.20. The molecule has 1 saturated heterocycles. The molecule has 2 heterocycles. The molecule has 12 heavy (non-hydrogen) atoms. The van der Waals surface area contributed by atoms with Gasteiger partial charge >= 0.3 is 0 Å². The van der Waals surface area contributed by atoms with Gasteiger partial charge in [0.2, 0.25) is 5.91 Å². The molecule has 1 fully saturated rings. The maximum atomic E-state index is 11.4. The fourth-order valence-electron chi connectivity index (χ4n) is 1.55. The van der Waals surface area contributed by atoms with E-state index in [1.54, 1.807) is 0 Å². The summed E-state index contributed by atoms with van der Waals surface area (Å²) >= 11 is 0. The van der Waals surface area contributed by atoms with Crippen LogP contribution >= 0.6 is 0 Å². The van der Waals surface area contributed by atoms with Crippen LogP contribution in [-0.2, 0) is 9.59 Å². The lowest BCUT2D eigenvalue weighted by atomic mass is 10.3. The third kappa shape index (κ3) is 0.841. The maximum Gasteiger partial charge on any atom is 0.276 e. The molecule has 0 aliphatic carbocycles. The van der Waals surface area contributed by atoms with E-state index in [-0.39, 0.29) is 11.8 Å². The van der Waals surface area contributed by atoms with E-state index in [0.717, 1.165) is 13.0 Å². The molecule has 64 valence electrons. The highest BCUT2D eigenvalue weighted by atomic mass is 16.2. The van der Waals surface area contributed by atoms with Crippen LogP contribution in [0.2, 0.25) is 0 Å². The first-order valence-electron chi connectivity index (χ1n) is 3.96. The third-order valence-electron chi connectivity index (χ3n) is 2.30. The first kappa shape index (κ1) is 7.34. The molecule has 0 aromatic rings. The van der Waals surface area contributed by atoms with Crippen molar-refractivity contribution in [1.29, 1.82) is 0 Å². The lowest BCUT2D eigenvalue weighted by Crippen LogP contribution is -2.49. The predicted molar refractivity (Wildman–Crippen MR) is 42.1 cm³/mol. The van der Waals surface area contributed by atoms with Crippen LogP contribution in [0.5, 0.6) is 0 Å². The average molecular weight is 166 g/mol. The first-order chi connectivity index (χ1) is 5.70. The van der Waals surface area contributed by atoms with Gasteiger partial charge in [-0.25, -0.2) is 0 Å². The molecule has 4 heteroatoms. The van der Waals surface area contributed by atoms with Crippen LogP contribution in [0.4, 0.5) is 0 Å². The van der Waals surface area contributed by atoms with Crippen LogP contribution in [0.15, 0.2) is 11.8 Å². The summed E-state index contributed by atoms with van der Waals surface area (Å²) in [7, 11) is 1.53. The first-order valence-corrected chi connectivity index (χ1v) is 3.96. The molecule has 0 aromatic carbocycles. The van der Waals surface area contributed by atoms with Gasteiger partial charge in [0.1, 0.15) is 0 Å². The standard InChI is InChI=1S/C8H10N2O2/c1-9-7(11)5-10-4-2-3-6(10)8(9)12/h3H,2,4-5H2,1H3. The number of fused-ring (bicyclic) bond motifs is 1. The predicted octanol–water partition coefficient (Wildman–Crippen LogP) is -0.425. The fraction of sp³-hybridized carbons (Fsp3) is 0.500. The molecule has 0 atom stereocenters. The average Bonchev–Trinajstić information content (AvgIpc) is 2.48. The zero-order chi connectivity index (χ0) is 8.72. The molecule has 0 N–H and O–H groups in total. The summed E-state index contributed by atoms with van der Waals surface area (Å²) in [6.45, 7) is 1.16. The molecule has 0 radical (unpaired) electrons. The van der Waals surface area contributed by atoms with Gasteiger partial charge in [0.15, 0.2) is 0 Å². The van der Waals surface area contributed by atoms with Crippen LogP contribution < -0.4 is 0 Å². The van der Waals surface area contributed by atoms with Crippen molar-refractivity contribution in [3.05, 3.63) is 11.8 Å². The monoisotopic (exact) mass is 166 g/mol. The highest BCUT2D eigenvalue weighted by Gasteiger charge is 2.33. The largest absolute Gasteiger partial charge is 0.358 e. The van der Waals surface area contributed by atoms with E-state index in [2.05, 4.69) is 0 Å². The van der Waals surface area contributed by atoms with E-state index < -0.39 is 0 Å². The molecule has 4 nitrogen and oxygen atoms in total. The van der Waals surface area contributed by atoms with Gasteiger partial charge in [-0.05, 0) is 6.42 Å². The summed E-state index contributed by atoms with van der Waals surface area (Å²) < 4.78 is 0. The van der Waals surface area contributed by atoms with E-state index in [0.29, 0.717) is 12.2 Å². The van der Waals surface area contributed by atoms with Crippen molar-refractivity contribution in [2.75, 3.05) is 20.1 Å². The van der Waals surface area contributed by atoms with Gasteiger partial charge in [0, 0.05) is 13.6 Å². The molecule has 0 saturated carbocycles. The number of piperazine rings is 1. The highest BCUT2D eigenvalue weighted by molar-refractivity contribution is 6.07. The van der Waals surface area contributed by atoms with Crippen LogP contribution in [0.1, 0.15) is 6.42 Å². The molecule has 2 aliphatic heterocycles. The number of imide groups is 1. The van der Waals surface area contributed by atoms with Gasteiger partial charge in [0.05, 0.1) is 12.2 Å². The van der Waals surface area contributed by atoms with Crippen LogP contribution in [0.3, 0.4) is 0 Å². The molecule has 2 rings (SSSR count). The van der Waals surface area contributed by atoms with Crippen molar-refractivity contribution >= 4 is 11.8 Å². The smallest absolute Gasteiger partial charge is 0.276 e. The topological polar surface area (TPSA) is 40.6 Å². The van der Waals surface area contributed by atoms with Crippen molar-refractivity contribution in [2.45, 2.75) is 6.42 Å². The summed E-state index contributed by atoms with van der Waals surface area (Å²) in [6, 6.07) is 0. The fourth-order valence-corrected chi connectivity index (χ4v) is 1.55. The summed E-state index contributed by atoms with van der Waals surface area (Å²) in [5.74, 6) is -0.275. The molecule has 0 unspecified atom stereocenters. The second-order valence-electron chi connectivity index (χ2n) is 3.06. The Morgan fingerprint density at radius 1 is 1.42 bits per heavy atom. The third-order valence-corrected chi connectivity index (χ3v) is 2.30. The SMILES string of the molecule is CN1C(=O)CN2CCC=C2C1=O. The minimum absolute atomic E-state index is 0.112. The Kier molecular flexibility index (Phi) is 1.43. The van der Waals surface area contributed by atoms with Crippen LogP contribution in [0, 0.1) is 0 Å². The van der Waals surface area contributed by atoms with Gasteiger partial charge in [-0.3, -0.25) is 14.5 Å². The van der Waals surface area contributed by atoms with Gasteiger partial charge in [-0.2, -0.15) is 0 Å². The summed E-state index contributed by atoms with van der Waals surface area (Å²) in [5, 5.41) is 0. The number of hydrogen-bond donors (Lipinski definition) is 0. The molecular formula is C8H10N2O2. The number of hydrogen-bond acceptors (Lipinski definition) is 3. The molecule has 0 bridgehead atoms. The molecule has 2 amide bonds. The summed E-state index contributed by atoms with van der Waals surface area (Å²) in [4.78, 5) is 25.6. The summed E-state index contributed by atoms with van der Waals surface area (Å²) in [5.41, 5.74) is 0.692. The second-order valence-corrected chi connectivity index (χ2v) is 3.06. The van der Waals surface area contributed by atoms with Crippen LogP contribution in [0.25, 0.3) is 0 Å². The van der Waals surface area contributed by atoms with E-state index >= 15 is 0 Å². The molecular weight excluding hydrogens is 156 g/mol. The number of carbonyl (C=O) groups is 2. The number of amides is 2. The quantitative estimate of drug-likeness (QED) is 0.459. The zero-order valence-corrected chi connectivity index (χ0v) is 6.91. The summed E-state index contributed by atoms with van der Waals surface area (Å²) in [6.07, 6.45) is 2.77. The molecule has 2 aliphatic rings. The second kappa shape index (κ2) is 2.33. The Morgan fingerprint density at radius 3 is 2.92 bits per heavy atom. The number of rotatable bonds is 0. The van der Waals surface area contributed by atoms with Crippen molar-refractivity contribution < 1.29 is 9.59 Å². The normalized spacial score (nSPS) is 22.9. The van der Waals surface area contributed by atoms with Crippen molar-refractivity contribution in [2.24, 2.45) is 0 Å². The van der Waals surface area contributed by atoms with E-state index in [4.69, 9.17) is 0 Å². The lowest BCUT2D eigenvalue weighted by molar-refractivity contribution is -0.145. The van der Waals surface area contributed by atoms with Crippen LogP contribution in [-0.4, -0.2) is 41.8 Å². The van der Waals surface area contributed by atoms with Gasteiger partial charge in [0.25, 0.3) is 5.91 Å². The molecule has 0 aromatic heterocycles. The van der Waals surface area contributed by atoms with Gasteiger partial charge in [-0.15, -0.1) is 0 Å². The number of carbonyl (C=O) groups excluding carboxylic acids is 2. The van der Waals surface area contributed by atoms with E-state index in [1.807, 2.05) is 11.0 Å². The lowest BCUT2D eigenvalue weighted by Gasteiger charge is -2.30. The maximum absolute atomic E-state index is 11.4. The Labute approximate surface area is 70.4 Å². The Bertz CT molecular complexity index is 283. The van der Waals surface area contributed by atoms with Crippen molar-refractivity contribution in [3.63, 3.8) is 0 Å².